The van der Waals surface area contributed by atoms with E-state index in [0.29, 0.717) is 42.8 Å². The summed E-state index contributed by atoms with van der Waals surface area (Å²) in [6, 6.07) is 3.51. The van der Waals surface area contributed by atoms with Crippen LogP contribution in [0.2, 0.25) is 0 Å². The molecule has 0 spiro atoms. The first-order chi connectivity index (χ1) is 9.47. The fourth-order valence-corrected chi connectivity index (χ4v) is 2.15. The van der Waals surface area contributed by atoms with Crippen molar-refractivity contribution < 1.29 is 18.3 Å². The summed E-state index contributed by atoms with van der Waals surface area (Å²) in [6.07, 6.45) is -3.37. The van der Waals surface area contributed by atoms with Crippen molar-refractivity contribution in [2.24, 2.45) is 5.73 Å². The number of alkyl halides is 3. The molecular weight excluding hydrogens is 271 g/mol. The molecule has 4 nitrogen and oxygen atoms in total. The van der Waals surface area contributed by atoms with Gasteiger partial charge in [0, 0.05) is 19.6 Å². The zero-order valence-electron chi connectivity index (χ0n) is 10.8. The van der Waals surface area contributed by atoms with Crippen LogP contribution in [0.4, 0.5) is 13.2 Å². The minimum Gasteiger partial charge on any atom is -0.396 e. The summed E-state index contributed by atoms with van der Waals surface area (Å²) in [5.41, 5.74) is 5.73. The molecule has 0 radical (unpaired) electrons. The lowest BCUT2D eigenvalue weighted by Gasteiger charge is -2.08. The molecule has 20 heavy (non-hydrogen) atoms. The number of nitrogens with zero attached hydrogens (tertiary/aromatic N) is 2. The lowest BCUT2D eigenvalue weighted by Crippen LogP contribution is -2.11. The van der Waals surface area contributed by atoms with E-state index in [4.69, 9.17) is 10.8 Å². The summed E-state index contributed by atoms with van der Waals surface area (Å²) in [4.78, 5) is 4.23. The Morgan fingerprint density at radius 2 is 2.05 bits per heavy atom. The number of hydrogen-bond acceptors (Lipinski definition) is 3. The molecule has 0 unspecified atom stereocenters. The van der Waals surface area contributed by atoms with Gasteiger partial charge in [-0.2, -0.15) is 13.2 Å². The van der Waals surface area contributed by atoms with Gasteiger partial charge in [0.25, 0.3) is 0 Å². The summed E-state index contributed by atoms with van der Waals surface area (Å²) in [6.45, 7) is 0.893. The van der Waals surface area contributed by atoms with Crippen LogP contribution in [0.25, 0.3) is 11.0 Å². The van der Waals surface area contributed by atoms with Gasteiger partial charge < -0.3 is 15.4 Å². The molecule has 0 aliphatic rings. The standard InChI is InChI=1S/C13H16F3N3O/c14-13(15,16)9-2-3-11-10(8-9)18-12(4-5-17)19(11)6-1-7-20/h2-3,8,20H,1,4-7,17H2. The van der Waals surface area contributed by atoms with E-state index in [1.165, 1.54) is 6.07 Å². The molecule has 3 N–H and O–H groups in total. The maximum atomic E-state index is 12.7. The number of halogens is 3. The Morgan fingerprint density at radius 3 is 2.65 bits per heavy atom. The number of aryl methyl sites for hydroxylation is 1. The molecule has 1 aromatic heterocycles. The maximum absolute atomic E-state index is 12.7. The van der Waals surface area contributed by atoms with Crippen LogP contribution >= 0.6 is 0 Å². The number of rotatable bonds is 5. The zero-order valence-corrected chi connectivity index (χ0v) is 10.8. The summed E-state index contributed by atoms with van der Waals surface area (Å²) in [5.74, 6) is 0.648. The molecule has 2 aromatic rings. The van der Waals surface area contributed by atoms with Crippen LogP contribution in [0.5, 0.6) is 0 Å². The molecule has 0 bridgehead atoms. The number of hydrogen-bond donors (Lipinski definition) is 2. The number of fused-ring (bicyclic) bond motifs is 1. The van der Waals surface area contributed by atoms with Crippen LogP contribution < -0.4 is 5.73 Å². The first-order valence-corrected chi connectivity index (χ1v) is 6.34. The van der Waals surface area contributed by atoms with Crippen molar-refractivity contribution in [2.75, 3.05) is 13.2 Å². The Bertz CT molecular complexity index is 592. The largest absolute Gasteiger partial charge is 0.416 e. The molecule has 110 valence electrons. The van der Waals surface area contributed by atoms with Gasteiger partial charge in [0.05, 0.1) is 16.6 Å². The highest BCUT2D eigenvalue weighted by molar-refractivity contribution is 5.77. The van der Waals surface area contributed by atoms with E-state index in [0.717, 1.165) is 12.1 Å². The molecule has 0 saturated heterocycles. The van der Waals surface area contributed by atoms with Crippen LogP contribution in [0.1, 0.15) is 17.8 Å². The van der Waals surface area contributed by atoms with Crippen molar-refractivity contribution in [1.29, 1.82) is 0 Å². The molecule has 0 fully saturated rings. The summed E-state index contributed by atoms with van der Waals surface area (Å²) >= 11 is 0. The fourth-order valence-electron chi connectivity index (χ4n) is 2.15. The summed E-state index contributed by atoms with van der Waals surface area (Å²) < 4.78 is 39.9. The van der Waals surface area contributed by atoms with E-state index >= 15 is 0 Å². The van der Waals surface area contributed by atoms with Crippen molar-refractivity contribution in [3.8, 4) is 0 Å². The van der Waals surface area contributed by atoms with Crippen LogP contribution in [0.15, 0.2) is 18.2 Å². The quantitative estimate of drug-likeness (QED) is 0.883. The van der Waals surface area contributed by atoms with Gasteiger partial charge in [-0.15, -0.1) is 0 Å². The lowest BCUT2D eigenvalue weighted by atomic mass is 10.2. The van der Waals surface area contributed by atoms with E-state index < -0.39 is 11.7 Å². The Morgan fingerprint density at radius 1 is 1.30 bits per heavy atom. The molecule has 7 heteroatoms. The van der Waals surface area contributed by atoms with Crippen molar-refractivity contribution >= 4 is 11.0 Å². The minimum atomic E-state index is -4.38. The molecule has 0 amide bonds. The van der Waals surface area contributed by atoms with Gasteiger partial charge in [0.15, 0.2) is 0 Å². The second-order valence-electron chi connectivity index (χ2n) is 4.50. The third-order valence-corrected chi connectivity index (χ3v) is 3.06. The van der Waals surface area contributed by atoms with E-state index in [1.54, 1.807) is 0 Å². The Kier molecular flexibility index (Phi) is 4.29. The van der Waals surface area contributed by atoms with Crippen LogP contribution in [-0.2, 0) is 19.1 Å². The average molecular weight is 287 g/mol. The van der Waals surface area contributed by atoms with E-state index in [1.807, 2.05) is 4.57 Å². The molecule has 0 saturated carbocycles. The number of imidazole rings is 1. The predicted octanol–water partition coefficient (Wildman–Crippen LogP) is 1.94. The van der Waals surface area contributed by atoms with Gasteiger partial charge >= 0.3 is 6.18 Å². The van der Waals surface area contributed by atoms with Gasteiger partial charge in [-0.05, 0) is 31.2 Å². The third kappa shape index (κ3) is 2.94. The lowest BCUT2D eigenvalue weighted by molar-refractivity contribution is -0.137. The maximum Gasteiger partial charge on any atom is 0.416 e. The first-order valence-electron chi connectivity index (χ1n) is 6.34. The van der Waals surface area contributed by atoms with Crippen LogP contribution in [-0.4, -0.2) is 27.8 Å². The molecule has 1 heterocycles. The second-order valence-corrected chi connectivity index (χ2v) is 4.50. The second kappa shape index (κ2) is 5.80. The first kappa shape index (κ1) is 14.8. The molecule has 0 atom stereocenters. The monoisotopic (exact) mass is 287 g/mol. The normalized spacial score (nSPS) is 12.2. The van der Waals surface area contributed by atoms with Crippen molar-refractivity contribution in [3.05, 3.63) is 29.6 Å². The zero-order chi connectivity index (χ0) is 14.8. The number of benzene rings is 1. The fraction of sp³-hybridized carbons (Fsp3) is 0.462. The average Bonchev–Trinajstić information content (AvgIpc) is 2.72. The molecule has 0 aliphatic heterocycles. The summed E-state index contributed by atoms with van der Waals surface area (Å²) in [7, 11) is 0. The number of nitrogens with two attached hydrogens (primary N) is 1. The Hall–Kier alpha value is -1.60. The minimum absolute atomic E-state index is 0.0162. The number of aliphatic hydroxyl groups is 1. The molecule has 1 aromatic carbocycles. The molecule has 2 rings (SSSR count). The van der Waals surface area contributed by atoms with Gasteiger partial charge in [0.2, 0.25) is 0 Å². The van der Waals surface area contributed by atoms with Gasteiger partial charge in [-0.1, -0.05) is 0 Å². The number of aromatic nitrogens is 2. The Labute approximate surface area is 114 Å². The van der Waals surface area contributed by atoms with E-state index in [-0.39, 0.29) is 6.61 Å². The number of aliphatic hydroxyl groups excluding tert-OH is 1. The smallest absolute Gasteiger partial charge is 0.396 e. The van der Waals surface area contributed by atoms with Gasteiger partial charge in [-0.25, -0.2) is 4.98 Å². The third-order valence-electron chi connectivity index (χ3n) is 3.06. The van der Waals surface area contributed by atoms with Crippen molar-refractivity contribution in [3.63, 3.8) is 0 Å². The van der Waals surface area contributed by atoms with Gasteiger partial charge in [0.1, 0.15) is 5.82 Å². The SMILES string of the molecule is NCCc1nc2cc(C(F)(F)F)ccc2n1CCCO. The Balaban J connectivity index is 2.49. The highest BCUT2D eigenvalue weighted by Gasteiger charge is 2.31. The predicted molar refractivity (Wildman–Crippen MR) is 69.2 cm³/mol. The topological polar surface area (TPSA) is 64.1 Å². The van der Waals surface area contributed by atoms with Crippen LogP contribution in [0, 0.1) is 0 Å². The van der Waals surface area contributed by atoms with Crippen molar-refractivity contribution in [2.45, 2.75) is 25.6 Å². The molecular formula is C13H16F3N3O. The van der Waals surface area contributed by atoms with E-state index in [9.17, 15) is 13.2 Å². The summed E-state index contributed by atoms with van der Waals surface area (Å²) in [5, 5.41) is 8.90. The van der Waals surface area contributed by atoms with Crippen molar-refractivity contribution in [1.82, 2.24) is 9.55 Å². The molecule has 0 aliphatic carbocycles. The highest BCUT2D eigenvalue weighted by atomic mass is 19.4. The van der Waals surface area contributed by atoms with E-state index in [2.05, 4.69) is 4.98 Å². The van der Waals surface area contributed by atoms with Crippen LogP contribution in [0.3, 0.4) is 0 Å². The highest BCUT2D eigenvalue weighted by Crippen LogP contribution is 2.31. The van der Waals surface area contributed by atoms with Gasteiger partial charge in [-0.3, -0.25) is 0 Å².